The average Bonchev–Trinajstić information content (AvgIpc) is 2.69. The summed E-state index contributed by atoms with van der Waals surface area (Å²) in [6, 6.07) is 10.3. The van der Waals surface area contributed by atoms with Crippen LogP contribution in [0, 0.1) is 25.2 Å². The zero-order chi connectivity index (χ0) is 14.0. The van der Waals surface area contributed by atoms with E-state index in [1.807, 2.05) is 50.6 Å². The third kappa shape index (κ3) is 2.34. The van der Waals surface area contributed by atoms with Crippen molar-refractivity contribution in [3.8, 4) is 23.1 Å². The van der Waals surface area contributed by atoms with E-state index in [9.17, 15) is 0 Å². The summed E-state index contributed by atoms with van der Waals surface area (Å²) in [6.07, 6.45) is 0. The molecule has 1 aromatic heterocycles. The molecule has 0 aliphatic carbocycles. The lowest BCUT2D eigenvalue weighted by atomic mass is 10.1. The fraction of sp³-hybridized carbons (Fsp3) is 0.312. The molecule has 3 heteroatoms. The van der Waals surface area contributed by atoms with Crippen LogP contribution in [-0.4, -0.2) is 11.2 Å². The molecule has 2 rings (SSSR count). The quantitative estimate of drug-likeness (QED) is 0.839. The summed E-state index contributed by atoms with van der Waals surface area (Å²) < 4.78 is 7.60. The molecule has 0 aliphatic rings. The largest absolute Gasteiger partial charge is 0.494 e. The standard InChI is InChI=1S/C16H18N2O/c1-5-19-16-7-6-13(8-11(16)2)15-9-14(10-17)12(3)18(15)4/h6-9H,5H2,1-4H3. The fourth-order valence-electron chi connectivity index (χ4n) is 2.22. The summed E-state index contributed by atoms with van der Waals surface area (Å²) in [5, 5.41) is 9.09. The van der Waals surface area contributed by atoms with E-state index in [0.717, 1.165) is 33.8 Å². The van der Waals surface area contributed by atoms with Crippen molar-refractivity contribution >= 4 is 0 Å². The predicted molar refractivity (Wildman–Crippen MR) is 76.2 cm³/mol. The Bertz CT molecular complexity index is 647. The molecule has 0 bridgehead atoms. The van der Waals surface area contributed by atoms with Crippen LogP contribution in [0.3, 0.4) is 0 Å². The van der Waals surface area contributed by atoms with E-state index in [0.29, 0.717) is 6.61 Å². The molecule has 19 heavy (non-hydrogen) atoms. The Hall–Kier alpha value is -2.21. The van der Waals surface area contributed by atoms with Crippen LogP contribution in [0.4, 0.5) is 0 Å². The van der Waals surface area contributed by atoms with Crippen LogP contribution < -0.4 is 4.74 Å². The summed E-state index contributed by atoms with van der Waals surface area (Å²) in [7, 11) is 1.98. The fourth-order valence-corrected chi connectivity index (χ4v) is 2.22. The van der Waals surface area contributed by atoms with Gasteiger partial charge in [0.05, 0.1) is 12.2 Å². The van der Waals surface area contributed by atoms with Crippen LogP contribution in [0.1, 0.15) is 23.7 Å². The van der Waals surface area contributed by atoms with Crippen LogP contribution in [0.25, 0.3) is 11.3 Å². The minimum atomic E-state index is 0.669. The van der Waals surface area contributed by atoms with Gasteiger partial charge in [-0.3, -0.25) is 0 Å². The molecule has 3 nitrogen and oxygen atoms in total. The highest BCUT2D eigenvalue weighted by Crippen LogP contribution is 2.28. The normalized spacial score (nSPS) is 10.3. The van der Waals surface area contributed by atoms with Gasteiger partial charge in [0.15, 0.2) is 0 Å². The van der Waals surface area contributed by atoms with Gasteiger partial charge in [-0.05, 0) is 56.2 Å². The van der Waals surface area contributed by atoms with Gasteiger partial charge in [-0.1, -0.05) is 0 Å². The van der Waals surface area contributed by atoms with Crippen molar-refractivity contribution in [2.75, 3.05) is 6.61 Å². The average molecular weight is 254 g/mol. The maximum absolute atomic E-state index is 9.09. The molecule has 0 saturated heterocycles. The van der Waals surface area contributed by atoms with Gasteiger partial charge in [-0.25, -0.2) is 0 Å². The van der Waals surface area contributed by atoms with Crippen LogP contribution in [0.5, 0.6) is 5.75 Å². The molecule has 0 N–H and O–H groups in total. The molecule has 0 aliphatic heterocycles. The third-order valence-corrected chi connectivity index (χ3v) is 3.43. The number of benzene rings is 1. The highest BCUT2D eigenvalue weighted by molar-refractivity contribution is 5.66. The number of nitriles is 1. The Morgan fingerprint density at radius 1 is 1.26 bits per heavy atom. The number of aromatic nitrogens is 1. The van der Waals surface area contributed by atoms with E-state index in [-0.39, 0.29) is 0 Å². The Labute approximate surface area is 114 Å². The monoisotopic (exact) mass is 254 g/mol. The van der Waals surface area contributed by atoms with Gasteiger partial charge in [-0.2, -0.15) is 5.26 Å². The first kappa shape index (κ1) is 13.2. The Morgan fingerprint density at radius 2 is 2.00 bits per heavy atom. The van der Waals surface area contributed by atoms with Crippen molar-refractivity contribution in [1.29, 1.82) is 5.26 Å². The molecule has 0 amide bonds. The van der Waals surface area contributed by atoms with Gasteiger partial charge >= 0.3 is 0 Å². The van der Waals surface area contributed by atoms with Gasteiger partial charge in [0.25, 0.3) is 0 Å². The highest BCUT2D eigenvalue weighted by atomic mass is 16.5. The SMILES string of the molecule is CCOc1ccc(-c2cc(C#N)c(C)n2C)cc1C. The van der Waals surface area contributed by atoms with Crippen LogP contribution in [0.2, 0.25) is 0 Å². The summed E-state index contributed by atoms with van der Waals surface area (Å²) in [6.45, 7) is 6.65. The third-order valence-electron chi connectivity index (χ3n) is 3.43. The maximum Gasteiger partial charge on any atom is 0.122 e. The van der Waals surface area contributed by atoms with Gasteiger partial charge < -0.3 is 9.30 Å². The Kier molecular flexibility index (Phi) is 3.62. The number of aryl methyl sites for hydroxylation is 1. The Balaban J connectivity index is 2.49. The molecule has 0 saturated carbocycles. The van der Waals surface area contributed by atoms with E-state index in [1.165, 1.54) is 0 Å². The van der Waals surface area contributed by atoms with E-state index < -0.39 is 0 Å². The minimum Gasteiger partial charge on any atom is -0.494 e. The summed E-state index contributed by atoms with van der Waals surface area (Å²) >= 11 is 0. The number of hydrogen-bond acceptors (Lipinski definition) is 2. The zero-order valence-corrected chi connectivity index (χ0v) is 11.8. The molecule has 1 aromatic carbocycles. The number of hydrogen-bond donors (Lipinski definition) is 0. The molecule has 0 atom stereocenters. The summed E-state index contributed by atoms with van der Waals surface area (Å²) in [4.78, 5) is 0. The van der Waals surface area contributed by atoms with Crippen molar-refractivity contribution < 1.29 is 4.74 Å². The second-order valence-electron chi connectivity index (χ2n) is 4.61. The van der Waals surface area contributed by atoms with Crippen molar-refractivity contribution in [2.45, 2.75) is 20.8 Å². The van der Waals surface area contributed by atoms with Crippen LogP contribution in [0.15, 0.2) is 24.3 Å². The molecule has 98 valence electrons. The van der Waals surface area contributed by atoms with Crippen molar-refractivity contribution in [3.05, 3.63) is 41.1 Å². The molecule has 0 spiro atoms. The summed E-state index contributed by atoms with van der Waals surface area (Å²) in [5.74, 6) is 0.915. The topological polar surface area (TPSA) is 37.9 Å². The van der Waals surface area contributed by atoms with E-state index in [4.69, 9.17) is 10.00 Å². The number of nitrogens with zero attached hydrogens (tertiary/aromatic N) is 2. The Morgan fingerprint density at radius 3 is 2.53 bits per heavy atom. The zero-order valence-electron chi connectivity index (χ0n) is 11.8. The van der Waals surface area contributed by atoms with E-state index >= 15 is 0 Å². The predicted octanol–water partition coefficient (Wildman–Crippen LogP) is 3.58. The smallest absolute Gasteiger partial charge is 0.122 e. The highest BCUT2D eigenvalue weighted by Gasteiger charge is 2.11. The second kappa shape index (κ2) is 5.19. The molecule has 0 unspecified atom stereocenters. The molecule has 1 heterocycles. The minimum absolute atomic E-state index is 0.669. The van der Waals surface area contributed by atoms with Gasteiger partial charge in [0.2, 0.25) is 0 Å². The lowest BCUT2D eigenvalue weighted by Crippen LogP contribution is -1.96. The van der Waals surface area contributed by atoms with Crippen molar-refractivity contribution in [2.24, 2.45) is 7.05 Å². The first-order valence-electron chi connectivity index (χ1n) is 6.38. The maximum atomic E-state index is 9.09. The lowest BCUT2D eigenvalue weighted by molar-refractivity contribution is 0.338. The number of rotatable bonds is 3. The van der Waals surface area contributed by atoms with Crippen LogP contribution >= 0.6 is 0 Å². The van der Waals surface area contributed by atoms with Crippen molar-refractivity contribution in [1.82, 2.24) is 4.57 Å². The van der Waals surface area contributed by atoms with E-state index in [1.54, 1.807) is 0 Å². The first-order valence-corrected chi connectivity index (χ1v) is 6.38. The molecule has 0 fully saturated rings. The molecule has 0 radical (unpaired) electrons. The van der Waals surface area contributed by atoms with E-state index in [2.05, 4.69) is 12.1 Å². The van der Waals surface area contributed by atoms with Gasteiger partial charge in [0.1, 0.15) is 11.8 Å². The number of ether oxygens (including phenoxy) is 1. The first-order chi connectivity index (χ1) is 9.08. The lowest BCUT2D eigenvalue weighted by Gasteiger charge is -2.10. The molecular weight excluding hydrogens is 236 g/mol. The molecule has 2 aromatic rings. The van der Waals surface area contributed by atoms with Gasteiger partial charge in [-0.15, -0.1) is 0 Å². The molecular formula is C16H18N2O. The second-order valence-corrected chi connectivity index (χ2v) is 4.61. The van der Waals surface area contributed by atoms with Crippen LogP contribution in [-0.2, 0) is 7.05 Å². The van der Waals surface area contributed by atoms with Gasteiger partial charge in [0, 0.05) is 18.4 Å². The van der Waals surface area contributed by atoms with Crippen molar-refractivity contribution in [3.63, 3.8) is 0 Å². The summed E-state index contributed by atoms with van der Waals surface area (Å²) in [5.41, 5.74) is 4.98.